The van der Waals surface area contributed by atoms with Crippen LogP contribution in [0.4, 0.5) is 0 Å². The van der Waals surface area contributed by atoms with Crippen LogP contribution in [0, 0.1) is 26.7 Å². The smallest absolute Gasteiger partial charge is 0.310 e. The summed E-state index contributed by atoms with van der Waals surface area (Å²) in [4.78, 5) is 12.8. The van der Waals surface area contributed by atoms with Gasteiger partial charge in [-0.25, -0.2) is 0 Å². The number of ether oxygens (including phenoxy) is 1. The normalized spacial score (nSPS) is 23.2. The first-order valence-corrected chi connectivity index (χ1v) is 9.89. The molecular formula is C24H31NO2. The fourth-order valence-corrected chi connectivity index (χ4v) is 4.91. The topological polar surface area (TPSA) is 38.3 Å². The van der Waals surface area contributed by atoms with Crippen LogP contribution in [0.1, 0.15) is 59.5 Å². The first-order chi connectivity index (χ1) is 12.9. The first kappa shape index (κ1) is 19.6. The Kier molecular flexibility index (Phi) is 6.01. The molecule has 1 aliphatic rings. The fourth-order valence-electron chi connectivity index (χ4n) is 4.91. The van der Waals surface area contributed by atoms with Gasteiger partial charge < -0.3 is 10.1 Å². The minimum atomic E-state index is -0.152. The molecule has 0 aromatic heterocycles. The van der Waals surface area contributed by atoms with E-state index in [0.29, 0.717) is 0 Å². The van der Waals surface area contributed by atoms with Crippen molar-refractivity contribution in [2.45, 2.75) is 58.5 Å². The number of methoxy groups -OCH3 is 1. The molecule has 3 nitrogen and oxygen atoms in total. The van der Waals surface area contributed by atoms with Gasteiger partial charge in [0.05, 0.1) is 13.0 Å². The highest BCUT2D eigenvalue weighted by molar-refractivity contribution is 5.75. The molecule has 27 heavy (non-hydrogen) atoms. The second-order valence-corrected chi connectivity index (χ2v) is 7.95. The molecule has 0 spiro atoms. The maximum atomic E-state index is 12.8. The molecule has 0 heterocycles. The summed E-state index contributed by atoms with van der Waals surface area (Å²) < 4.78 is 5.23. The number of aryl methyl sites for hydroxylation is 3. The van der Waals surface area contributed by atoms with Crippen LogP contribution in [-0.4, -0.2) is 19.1 Å². The molecule has 0 bridgehead atoms. The van der Waals surface area contributed by atoms with E-state index < -0.39 is 0 Å². The van der Waals surface area contributed by atoms with Crippen LogP contribution in [0.25, 0.3) is 0 Å². The summed E-state index contributed by atoms with van der Waals surface area (Å²) in [7, 11) is 1.50. The third-order valence-electron chi connectivity index (χ3n) is 6.00. The van der Waals surface area contributed by atoms with Crippen molar-refractivity contribution in [2.24, 2.45) is 5.92 Å². The maximum absolute atomic E-state index is 12.8. The van der Waals surface area contributed by atoms with E-state index in [1.165, 1.54) is 34.9 Å². The van der Waals surface area contributed by atoms with Crippen molar-refractivity contribution in [2.75, 3.05) is 7.11 Å². The van der Waals surface area contributed by atoms with Crippen molar-refractivity contribution in [1.29, 1.82) is 0 Å². The molecule has 1 N–H and O–H groups in total. The molecule has 144 valence electrons. The summed E-state index contributed by atoms with van der Waals surface area (Å²) in [6.45, 7) is 8.62. The third-order valence-corrected chi connectivity index (χ3v) is 6.00. The van der Waals surface area contributed by atoms with Gasteiger partial charge in [-0.05, 0) is 68.7 Å². The van der Waals surface area contributed by atoms with Crippen molar-refractivity contribution in [3.63, 3.8) is 0 Å². The number of carbonyl (C=O) groups is 1. The summed E-state index contributed by atoms with van der Waals surface area (Å²) in [5.41, 5.74) is 6.40. The third kappa shape index (κ3) is 4.08. The highest BCUT2D eigenvalue weighted by Gasteiger charge is 2.43. The molecule has 1 fully saturated rings. The molecule has 4 atom stereocenters. The van der Waals surface area contributed by atoms with Crippen LogP contribution in [0.5, 0.6) is 0 Å². The number of nitrogens with one attached hydrogen (secondary N) is 1. The molecular weight excluding hydrogens is 334 g/mol. The van der Waals surface area contributed by atoms with E-state index in [-0.39, 0.29) is 29.9 Å². The second-order valence-electron chi connectivity index (χ2n) is 7.95. The van der Waals surface area contributed by atoms with Crippen LogP contribution >= 0.6 is 0 Å². The van der Waals surface area contributed by atoms with Gasteiger partial charge in [-0.15, -0.1) is 0 Å². The lowest BCUT2D eigenvalue weighted by molar-refractivity contribution is -0.146. The van der Waals surface area contributed by atoms with Crippen LogP contribution in [0.2, 0.25) is 0 Å². The quantitative estimate of drug-likeness (QED) is 0.758. The van der Waals surface area contributed by atoms with Gasteiger partial charge >= 0.3 is 5.97 Å². The Bertz CT molecular complexity index is 776. The lowest BCUT2D eigenvalue weighted by Crippen LogP contribution is -2.40. The Hall–Kier alpha value is -2.13. The van der Waals surface area contributed by atoms with Gasteiger partial charge in [0.1, 0.15) is 0 Å². The minimum absolute atomic E-state index is 0.102. The zero-order valence-corrected chi connectivity index (χ0v) is 17.1. The summed E-state index contributed by atoms with van der Waals surface area (Å²) in [6, 6.07) is 15.2. The molecule has 0 saturated heterocycles. The predicted molar refractivity (Wildman–Crippen MR) is 110 cm³/mol. The standard InChI is InChI=1S/C24H31NO2/c1-15-13-16(2)22(17(3)14-15)20-11-12-21(23(20)24(26)27-5)25-18(4)19-9-7-6-8-10-19/h6-10,13-14,18,20-21,23,25H,11-12H2,1-5H3/t18-,20+,21-,23+/m1/s1. The summed E-state index contributed by atoms with van der Waals surface area (Å²) in [6.07, 6.45) is 1.98. The minimum Gasteiger partial charge on any atom is -0.469 e. The van der Waals surface area contributed by atoms with Gasteiger partial charge in [0.15, 0.2) is 0 Å². The van der Waals surface area contributed by atoms with E-state index in [1.807, 2.05) is 6.07 Å². The van der Waals surface area contributed by atoms with E-state index in [9.17, 15) is 4.79 Å². The van der Waals surface area contributed by atoms with Crippen LogP contribution in [0.3, 0.4) is 0 Å². The molecule has 0 amide bonds. The van der Waals surface area contributed by atoms with Crippen LogP contribution in [0.15, 0.2) is 42.5 Å². The molecule has 1 aliphatic carbocycles. The molecule has 0 unspecified atom stereocenters. The van der Waals surface area contributed by atoms with E-state index >= 15 is 0 Å². The van der Waals surface area contributed by atoms with Crippen LogP contribution in [-0.2, 0) is 9.53 Å². The molecule has 0 radical (unpaired) electrons. The highest BCUT2D eigenvalue weighted by Crippen LogP contribution is 2.43. The largest absolute Gasteiger partial charge is 0.469 e. The zero-order valence-electron chi connectivity index (χ0n) is 17.1. The molecule has 3 rings (SSSR count). The van der Waals surface area contributed by atoms with Gasteiger partial charge in [0.2, 0.25) is 0 Å². The molecule has 3 heteroatoms. The van der Waals surface area contributed by atoms with E-state index in [4.69, 9.17) is 4.74 Å². The molecule has 1 saturated carbocycles. The molecule has 0 aliphatic heterocycles. The van der Waals surface area contributed by atoms with Crippen molar-refractivity contribution >= 4 is 5.97 Å². The average molecular weight is 366 g/mol. The van der Waals surface area contributed by atoms with Gasteiger partial charge in [-0.2, -0.15) is 0 Å². The second kappa shape index (κ2) is 8.26. The maximum Gasteiger partial charge on any atom is 0.310 e. The zero-order chi connectivity index (χ0) is 19.6. The van der Waals surface area contributed by atoms with Crippen molar-refractivity contribution in [1.82, 2.24) is 5.32 Å². The number of hydrogen-bond donors (Lipinski definition) is 1. The van der Waals surface area contributed by atoms with E-state index in [1.54, 1.807) is 0 Å². The Morgan fingerprint density at radius 1 is 1.07 bits per heavy atom. The van der Waals surface area contributed by atoms with Gasteiger partial charge in [0, 0.05) is 12.1 Å². The predicted octanol–water partition coefficient (Wildman–Crippen LogP) is 5.00. The van der Waals surface area contributed by atoms with Crippen molar-refractivity contribution < 1.29 is 9.53 Å². The number of benzene rings is 2. The highest BCUT2D eigenvalue weighted by atomic mass is 16.5. The van der Waals surface area contributed by atoms with E-state index in [0.717, 1.165) is 12.8 Å². The lowest BCUT2D eigenvalue weighted by Gasteiger charge is -2.28. The Morgan fingerprint density at radius 2 is 1.70 bits per heavy atom. The summed E-state index contributed by atoms with van der Waals surface area (Å²) in [5.74, 6) is -0.0468. The summed E-state index contributed by atoms with van der Waals surface area (Å²) >= 11 is 0. The summed E-state index contributed by atoms with van der Waals surface area (Å²) in [5, 5.41) is 3.71. The monoisotopic (exact) mass is 365 g/mol. The average Bonchev–Trinajstić information content (AvgIpc) is 3.04. The van der Waals surface area contributed by atoms with Crippen molar-refractivity contribution in [3.05, 3.63) is 70.3 Å². The van der Waals surface area contributed by atoms with Crippen LogP contribution < -0.4 is 5.32 Å². The molecule has 2 aromatic carbocycles. The van der Waals surface area contributed by atoms with Gasteiger partial charge in [-0.1, -0.05) is 48.0 Å². The Balaban J connectivity index is 1.88. The van der Waals surface area contributed by atoms with Crippen molar-refractivity contribution in [3.8, 4) is 0 Å². The number of hydrogen-bond acceptors (Lipinski definition) is 3. The number of carbonyl (C=O) groups excluding carboxylic acids is 1. The molecule has 2 aromatic rings. The lowest BCUT2D eigenvalue weighted by atomic mass is 9.82. The fraction of sp³-hybridized carbons (Fsp3) is 0.458. The first-order valence-electron chi connectivity index (χ1n) is 9.89. The SMILES string of the molecule is COC(=O)[C@@H]1[C@H](N[C@H](C)c2ccccc2)CC[C@H]1c1c(C)cc(C)cc1C. The van der Waals surface area contributed by atoms with E-state index in [2.05, 4.69) is 69.4 Å². The van der Waals surface area contributed by atoms with Gasteiger partial charge in [0.25, 0.3) is 0 Å². The Morgan fingerprint density at radius 3 is 2.30 bits per heavy atom. The number of esters is 1. The van der Waals surface area contributed by atoms with Gasteiger partial charge in [-0.3, -0.25) is 4.79 Å². The number of rotatable bonds is 5. The Labute approximate surface area is 163 Å².